The zero-order valence-electron chi connectivity index (χ0n) is 19.4. The van der Waals surface area contributed by atoms with Crippen molar-refractivity contribution in [3.8, 4) is 11.3 Å². The van der Waals surface area contributed by atoms with Crippen molar-refractivity contribution >= 4 is 39.8 Å². The van der Waals surface area contributed by atoms with Gasteiger partial charge in [-0.25, -0.2) is 9.97 Å². The van der Waals surface area contributed by atoms with Crippen LogP contribution >= 0.6 is 11.6 Å². The molecule has 3 aromatic heterocycles. The Balaban J connectivity index is 1.44. The predicted octanol–water partition coefficient (Wildman–Crippen LogP) is 6.24. The van der Waals surface area contributed by atoms with E-state index < -0.39 is 0 Å². The highest BCUT2D eigenvalue weighted by atomic mass is 35.5. The summed E-state index contributed by atoms with van der Waals surface area (Å²) in [5.41, 5.74) is 8.61. The van der Waals surface area contributed by atoms with Crippen LogP contribution in [-0.4, -0.2) is 25.4 Å². The van der Waals surface area contributed by atoms with Gasteiger partial charge < -0.3 is 10.6 Å². The second kappa shape index (κ2) is 8.71. The molecule has 0 spiro atoms. The fourth-order valence-corrected chi connectivity index (χ4v) is 4.62. The number of nitrogens with zero attached hydrogens (tertiary/aromatic N) is 4. The summed E-state index contributed by atoms with van der Waals surface area (Å²) >= 11 is 6.72. The Hall–Kier alpha value is -3.90. The van der Waals surface area contributed by atoms with Gasteiger partial charge >= 0.3 is 0 Å². The molecule has 1 aliphatic carbocycles. The second-order valence-corrected chi connectivity index (χ2v) is 9.47. The van der Waals surface area contributed by atoms with Crippen LogP contribution in [0.5, 0.6) is 0 Å². The zero-order valence-corrected chi connectivity index (χ0v) is 20.2. The molecule has 2 aromatic carbocycles. The number of anilines is 1. The molecule has 1 saturated carbocycles. The van der Waals surface area contributed by atoms with Crippen molar-refractivity contribution in [1.82, 2.24) is 24.7 Å². The summed E-state index contributed by atoms with van der Waals surface area (Å²) in [5, 5.41) is 7.57. The second-order valence-electron chi connectivity index (χ2n) is 9.06. The molecule has 5 aromatic rings. The maximum Gasteiger partial charge on any atom is 0.181 e. The molecule has 1 fully saturated rings. The van der Waals surface area contributed by atoms with E-state index >= 15 is 0 Å². The minimum absolute atomic E-state index is 0.525. The van der Waals surface area contributed by atoms with E-state index in [1.165, 1.54) is 12.8 Å². The van der Waals surface area contributed by atoms with Crippen molar-refractivity contribution in [2.24, 2.45) is 0 Å². The average molecular weight is 481 g/mol. The fraction of sp³-hybridized carbons (Fsp3) is 0.179. The first-order chi connectivity index (χ1) is 17.1. The highest BCUT2D eigenvalue weighted by Crippen LogP contribution is 2.33. The van der Waals surface area contributed by atoms with Crippen molar-refractivity contribution < 1.29 is 0 Å². The maximum atomic E-state index is 6.72. The monoisotopic (exact) mass is 480 g/mol. The van der Waals surface area contributed by atoms with Crippen molar-refractivity contribution in [3.63, 3.8) is 0 Å². The number of hydrogen-bond acceptors (Lipinski definition) is 5. The SMILES string of the molecule is C=C(NC1CC1)c1ccc(-c2cnc3c(NCc4cccnc4)nc4cc(C)ccc4n23)cc1Cl. The summed E-state index contributed by atoms with van der Waals surface area (Å²) in [5.74, 6) is 0.725. The van der Waals surface area contributed by atoms with Gasteiger partial charge in [0.25, 0.3) is 0 Å². The quantitative estimate of drug-likeness (QED) is 0.288. The number of nitrogens with one attached hydrogen (secondary N) is 2. The lowest BCUT2D eigenvalue weighted by atomic mass is 10.1. The van der Waals surface area contributed by atoms with E-state index in [-0.39, 0.29) is 0 Å². The molecule has 0 bridgehead atoms. The van der Waals surface area contributed by atoms with Crippen LogP contribution in [0.25, 0.3) is 33.6 Å². The predicted molar refractivity (Wildman–Crippen MR) is 142 cm³/mol. The first kappa shape index (κ1) is 21.6. The molecule has 0 saturated heterocycles. The van der Waals surface area contributed by atoms with Crippen LogP contribution in [0.15, 0.2) is 73.7 Å². The van der Waals surface area contributed by atoms with Gasteiger partial charge in [0, 0.05) is 41.8 Å². The lowest BCUT2D eigenvalue weighted by Crippen LogP contribution is -2.13. The largest absolute Gasteiger partial charge is 0.382 e. The third kappa shape index (κ3) is 4.21. The third-order valence-electron chi connectivity index (χ3n) is 6.31. The number of hydrogen-bond donors (Lipinski definition) is 2. The van der Waals surface area contributed by atoms with E-state index in [0.29, 0.717) is 17.6 Å². The Kier molecular flexibility index (Phi) is 5.38. The number of rotatable bonds is 7. The first-order valence-electron chi connectivity index (χ1n) is 11.7. The van der Waals surface area contributed by atoms with Gasteiger partial charge in [0.05, 0.1) is 27.9 Å². The molecular weight excluding hydrogens is 456 g/mol. The molecule has 0 radical (unpaired) electrons. The van der Waals surface area contributed by atoms with Gasteiger partial charge in [-0.15, -0.1) is 0 Å². The summed E-state index contributed by atoms with van der Waals surface area (Å²) in [6.07, 6.45) is 7.88. The number of aryl methyl sites for hydroxylation is 1. The van der Waals surface area contributed by atoms with Gasteiger partial charge in [-0.2, -0.15) is 0 Å². The van der Waals surface area contributed by atoms with E-state index in [1.54, 1.807) is 6.20 Å². The molecule has 174 valence electrons. The molecule has 3 heterocycles. The molecule has 0 amide bonds. The fourth-order valence-electron chi connectivity index (χ4n) is 4.33. The summed E-state index contributed by atoms with van der Waals surface area (Å²) < 4.78 is 2.15. The molecular formula is C28H25ClN6. The topological polar surface area (TPSA) is 67.1 Å². The average Bonchev–Trinajstić information content (AvgIpc) is 3.56. The Morgan fingerprint density at radius 3 is 2.80 bits per heavy atom. The molecule has 1 aliphatic rings. The van der Waals surface area contributed by atoms with Crippen molar-refractivity contribution in [1.29, 1.82) is 0 Å². The third-order valence-corrected chi connectivity index (χ3v) is 6.62. The molecule has 7 heteroatoms. The van der Waals surface area contributed by atoms with Gasteiger partial charge in [0.2, 0.25) is 0 Å². The smallest absolute Gasteiger partial charge is 0.181 e. The number of fused-ring (bicyclic) bond motifs is 3. The van der Waals surface area contributed by atoms with Crippen LogP contribution in [0.2, 0.25) is 5.02 Å². The van der Waals surface area contributed by atoms with Gasteiger partial charge in [-0.3, -0.25) is 9.38 Å². The van der Waals surface area contributed by atoms with Crippen molar-refractivity contribution in [3.05, 3.63) is 95.4 Å². The summed E-state index contributed by atoms with van der Waals surface area (Å²) in [6.45, 7) is 6.86. The van der Waals surface area contributed by atoms with E-state index in [4.69, 9.17) is 21.6 Å². The van der Waals surface area contributed by atoms with E-state index in [1.807, 2.05) is 36.7 Å². The Bertz CT molecular complexity index is 1570. The number of halogens is 1. The minimum atomic E-state index is 0.525. The minimum Gasteiger partial charge on any atom is -0.382 e. The van der Waals surface area contributed by atoms with Crippen LogP contribution in [-0.2, 0) is 6.54 Å². The molecule has 6 nitrogen and oxygen atoms in total. The van der Waals surface area contributed by atoms with Crippen LogP contribution in [0, 0.1) is 6.92 Å². The standard InChI is InChI=1S/C28H25ClN6/c1-17-5-10-25-24(12-17)34-27(31-15-19-4-3-11-30-14-19)28-32-16-26(35(25)28)20-6-9-22(23(29)13-20)18(2)33-21-7-8-21/h3-6,9-14,16,21,33H,2,7-8,15H2,1H3,(H,31,34). The van der Waals surface area contributed by atoms with E-state index in [0.717, 1.165) is 56.1 Å². The summed E-state index contributed by atoms with van der Waals surface area (Å²) in [6, 6.07) is 16.9. The van der Waals surface area contributed by atoms with E-state index in [9.17, 15) is 0 Å². The summed E-state index contributed by atoms with van der Waals surface area (Å²) in [4.78, 5) is 13.9. The van der Waals surface area contributed by atoms with E-state index in [2.05, 4.69) is 57.8 Å². The highest BCUT2D eigenvalue weighted by molar-refractivity contribution is 6.32. The number of benzene rings is 2. The van der Waals surface area contributed by atoms with Gasteiger partial charge in [-0.05, 0) is 55.2 Å². The lowest BCUT2D eigenvalue weighted by molar-refractivity contribution is 0.885. The van der Waals surface area contributed by atoms with Crippen molar-refractivity contribution in [2.45, 2.75) is 32.4 Å². The summed E-state index contributed by atoms with van der Waals surface area (Å²) in [7, 11) is 0. The van der Waals surface area contributed by atoms with Crippen LogP contribution in [0.4, 0.5) is 5.82 Å². The molecule has 0 unspecified atom stereocenters. The van der Waals surface area contributed by atoms with Crippen molar-refractivity contribution in [2.75, 3.05) is 5.32 Å². The van der Waals surface area contributed by atoms with Crippen LogP contribution in [0.1, 0.15) is 29.5 Å². The maximum absolute atomic E-state index is 6.72. The molecule has 0 aliphatic heterocycles. The first-order valence-corrected chi connectivity index (χ1v) is 12.1. The number of imidazole rings is 1. The van der Waals surface area contributed by atoms with Gasteiger partial charge in [0.15, 0.2) is 11.5 Å². The Morgan fingerprint density at radius 1 is 1.14 bits per heavy atom. The zero-order chi connectivity index (χ0) is 23.9. The Labute approximate surface area is 208 Å². The number of aromatic nitrogens is 4. The molecule has 6 rings (SSSR count). The molecule has 35 heavy (non-hydrogen) atoms. The molecule has 2 N–H and O–H groups in total. The van der Waals surface area contributed by atoms with Crippen LogP contribution < -0.4 is 10.6 Å². The van der Waals surface area contributed by atoms with Crippen LogP contribution in [0.3, 0.4) is 0 Å². The highest BCUT2D eigenvalue weighted by Gasteiger charge is 2.22. The van der Waals surface area contributed by atoms with Gasteiger partial charge in [0.1, 0.15) is 0 Å². The molecule has 0 atom stereocenters. The Morgan fingerprint density at radius 2 is 2.03 bits per heavy atom. The normalized spacial score (nSPS) is 13.3. The van der Waals surface area contributed by atoms with Gasteiger partial charge in [-0.1, -0.05) is 42.4 Å². The number of pyridine rings is 1. The lowest BCUT2D eigenvalue weighted by Gasteiger charge is -2.14.